The van der Waals surface area contributed by atoms with Gasteiger partial charge in [-0.05, 0) is 0 Å². The van der Waals surface area contributed by atoms with Gasteiger partial charge in [-0.3, -0.25) is 0 Å². The molecule has 0 unspecified atom stereocenters. The van der Waals surface area contributed by atoms with Crippen LogP contribution in [0.4, 0.5) is 0 Å². The van der Waals surface area contributed by atoms with Crippen molar-refractivity contribution in [3.05, 3.63) is 0 Å². The van der Waals surface area contributed by atoms with Crippen molar-refractivity contribution >= 4 is 13.7 Å². The maximum Gasteiger partial charge on any atom is 0.451 e. The molecule has 0 radical (unpaired) electrons. The van der Waals surface area contributed by atoms with Gasteiger partial charge in [0.2, 0.25) is 0 Å². The lowest BCUT2D eigenvalue weighted by atomic mass is 11.1. The van der Waals surface area contributed by atoms with Crippen LogP contribution in [0.1, 0.15) is 7.43 Å². The number of nitrogens with two attached hydrogens (primary N) is 2. The third-order valence-electron chi connectivity index (χ3n) is 0.246. The number of guanidine groups is 1. The molecule has 0 rings (SSSR count). The standard InChI is InChI=1S/CH6N3O3P.CH4/c2-1(3)4-8(5,6)7;/h(H6,2,3,4,5,6,7);1H4. The summed E-state index contributed by atoms with van der Waals surface area (Å²) in [6, 6.07) is 0. The SMILES string of the molecule is C.NC(N)=NP(=O)(O)O. The smallest absolute Gasteiger partial charge is 0.370 e. The molecule has 6 N–H and O–H groups in total. The van der Waals surface area contributed by atoms with Crippen LogP contribution in [0.2, 0.25) is 0 Å². The van der Waals surface area contributed by atoms with Gasteiger partial charge in [0.25, 0.3) is 0 Å². The molecule has 0 amide bonds. The van der Waals surface area contributed by atoms with Gasteiger partial charge in [-0.1, -0.05) is 7.43 Å². The fourth-order valence-corrected chi connectivity index (χ4v) is 0.451. The first-order valence-electron chi connectivity index (χ1n) is 1.58. The Labute approximate surface area is 52.8 Å². The molecular weight excluding hydrogens is 145 g/mol. The molecule has 0 aliphatic rings. The number of nitrogens with zero attached hydrogens (tertiary/aromatic N) is 1. The molecule has 0 aromatic heterocycles. The molecule has 0 atom stereocenters. The van der Waals surface area contributed by atoms with Gasteiger partial charge in [-0.15, -0.1) is 4.76 Å². The van der Waals surface area contributed by atoms with Crippen molar-refractivity contribution in [3.8, 4) is 0 Å². The van der Waals surface area contributed by atoms with Crippen LogP contribution in [-0.4, -0.2) is 15.7 Å². The molecule has 0 heterocycles. The highest BCUT2D eigenvalue weighted by molar-refractivity contribution is 7.50. The van der Waals surface area contributed by atoms with E-state index >= 15 is 0 Å². The Morgan fingerprint density at radius 2 is 1.78 bits per heavy atom. The molecule has 9 heavy (non-hydrogen) atoms. The third kappa shape index (κ3) is 11.2. The van der Waals surface area contributed by atoms with E-state index in [2.05, 4.69) is 16.2 Å². The maximum atomic E-state index is 9.79. The maximum absolute atomic E-state index is 9.79. The van der Waals surface area contributed by atoms with Gasteiger partial charge >= 0.3 is 7.75 Å². The summed E-state index contributed by atoms with van der Waals surface area (Å²) in [5, 5.41) is 0. The monoisotopic (exact) mass is 155 g/mol. The highest BCUT2D eigenvalue weighted by atomic mass is 31.2. The Morgan fingerprint density at radius 3 is 1.78 bits per heavy atom. The first-order valence-corrected chi connectivity index (χ1v) is 3.15. The quantitative estimate of drug-likeness (QED) is 0.219. The first kappa shape index (κ1) is 11.2. The summed E-state index contributed by atoms with van der Waals surface area (Å²) in [6.07, 6.45) is 0. The van der Waals surface area contributed by atoms with Gasteiger partial charge in [-0.2, -0.15) is 0 Å². The molecular formula is C2H10N3O3P. The minimum absolute atomic E-state index is 0. The van der Waals surface area contributed by atoms with Crippen LogP contribution in [0.5, 0.6) is 0 Å². The van der Waals surface area contributed by atoms with E-state index in [0.717, 1.165) is 0 Å². The zero-order valence-electron chi connectivity index (χ0n) is 3.85. The summed E-state index contributed by atoms with van der Waals surface area (Å²) in [7, 11) is -4.38. The second kappa shape index (κ2) is 3.45. The van der Waals surface area contributed by atoms with Crippen molar-refractivity contribution < 1.29 is 14.4 Å². The first-order chi connectivity index (χ1) is 3.42. The molecule has 0 aromatic carbocycles. The normalized spacial score (nSPS) is 9.56. The Balaban J connectivity index is 0. The fraction of sp³-hybridized carbons (Fsp3) is 0.500. The Kier molecular flexibility index (Phi) is 4.31. The summed E-state index contributed by atoms with van der Waals surface area (Å²) in [4.78, 5) is 15.9. The minimum atomic E-state index is -4.38. The van der Waals surface area contributed by atoms with E-state index in [-0.39, 0.29) is 7.43 Å². The van der Waals surface area contributed by atoms with Gasteiger partial charge in [0.1, 0.15) is 0 Å². The van der Waals surface area contributed by atoms with Gasteiger partial charge in [0.05, 0.1) is 0 Å². The van der Waals surface area contributed by atoms with E-state index in [4.69, 9.17) is 9.79 Å². The van der Waals surface area contributed by atoms with Crippen LogP contribution in [0.15, 0.2) is 4.76 Å². The molecule has 0 saturated heterocycles. The number of hydrogen-bond donors (Lipinski definition) is 4. The Hall–Kier alpha value is -0.580. The lowest BCUT2D eigenvalue weighted by Crippen LogP contribution is -2.22. The molecule has 0 aliphatic heterocycles. The summed E-state index contributed by atoms with van der Waals surface area (Å²) in [5.41, 5.74) is 9.23. The van der Waals surface area contributed by atoms with Gasteiger partial charge in [0, 0.05) is 0 Å². The van der Waals surface area contributed by atoms with E-state index in [1.165, 1.54) is 0 Å². The van der Waals surface area contributed by atoms with E-state index in [1.54, 1.807) is 0 Å². The lowest BCUT2D eigenvalue weighted by molar-refractivity contribution is 0.375. The summed E-state index contributed by atoms with van der Waals surface area (Å²) >= 11 is 0. The van der Waals surface area contributed by atoms with E-state index in [0.29, 0.717) is 0 Å². The Morgan fingerprint density at radius 1 is 1.44 bits per heavy atom. The second-order valence-corrected chi connectivity index (χ2v) is 2.26. The molecule has 56 valence electrons. The van der Waals surface area contributed by atoms with Crippen LogP contribution in [0, 0.1) is 0 Å². The van der Waals surface area contributed by atoms with Crippen molar-refractivity contribution in [1.29, 1.82) is 0 Å². The average molecular weight is 155 g/mol. The number of hydrogen-bond acceptors (Lipinski definition) is 1. The highest BCUT2D eigenvalue weighted by Gasteiger charge is 2.08. The van der Waals surface area contributed by atoms with Crippen molar-refractivity contribution in [2.24, 2.45) is 16.2 Å². The third-order valence-corrected chi connectivity index (χ3v) is 0.737. The van der Waals surface area contributed by atoms with Crippen molar-refractivity contribution in [1.82, 2.24) is 0 Å². The second-order valence-electron chi connectivity index (χ2n) is 1.04. The predicted octanol–water partition coefficient (Wildman–Crippen LogP) is -1.01. The summed E-state index contributed by atoms with van der Waals surface area (Å²) in [6.45, 7) is 0. The van der Waals surface area contributed by atoms with E-state index < -0.39 is 13.7 Å². The molecule has 0 spiro atoms. The minimum Gasteiger partial charge on any atom is -0.370 e. The zero-order chi connectivity index (χ0) is 6.78. The number of rotatable bonds is 1. The van der Waals surface area contributed by atoms with Crippen molar-refractivity contribution in [2.75, 3.05) is 0 Å². The van der Waals surface area contributed by atoms with Gasteiger partial charge < -0.3 is 21.3 Å². The molecule has 0 fully saturated rings. The molecule has 0 saturated carbocycles. The molecule has 0 aromatic rings. The molecule has 7 heteroatoms. The zero-order valence-corrected chi connectivity index (χ0v) is 4.75. The predicted molar refractivity (Wildman–Crippen MR) is 34.6 cm³/mol. The van der Waals surface area contributed by atoms with Gasteiger partial charge in [0.15, 0.2) is 5.96 Å². The molecule has 0 bridgehead atoms. The lowest BCUT2D eigenvalue weighted by Gasteiger charge is -1.92. The fourth-order valence-electron chi connectivity index (χ4n) is 0.150. The summed E-state index contributed by atoms with van der Waals surface area (Å²) in [5.74, 6) is -0.613. The Bertz CT molecular complexity index is 145. The van der Waals surface area contributed by atoms with Crippen LogP contribution >= 0.6 is 7.75 Å². The average Bonchev–Trinajstić information content (AvgIpc) is 1.21. The van der Waals surface area contributed by atoms with Crippen molar-refractivity contribution in [2.45, 2.75) is 7.43 Å². The van der Waals surface area contributed by atoms with Crippen LogP contribution in [0.25, 0.3) is 0 Å². The van der Waals surface area contributed by atoms with Gasteiger partial charge in [-0.25, -0.2) is 4.57 Å². The van der Waals surface area contributed by atoms with Crippen LogP contribution in [-0.2, 0) is 4.57 Å². The van der Waals surface area contributed by atoms with Crippen LogP contribution in [0.3, 0.4) is 0 Å². The molecule has 6 nitrogen and oxygen atoms in total. The molecule has 0 aliphatic carbocycles. The highest BCUT2D eigenvalue weighted by Crippen LogP contribution is 2.35. The van der Waals surface area contributed by atoms with E-state index in [9.17, 15) is 4.57 Å². The van der Waals surface area contributed by atoms with Crippen molar-refractivity contribution in [3.63, 3.8) is 0 Å². The largest absolute Gasteiger partial charge is 0.451 e. The van der Waals surface area contributed by atoms with E-state index in [1.807, 2.05) is 0 Å². The van der Waals surface area contributed by atoms with Crippen LogP contribution < -0.4 is 11.5 Å². The topological polar surface area (TPSA) is 122 Å². The summed E-state index contributed by atoms with van der Waals surface area (Å²) < 4.78 is 12.3.